The third kappa shape index (κ3) is 3.53. The summed E-state index contributed by atoms with van der Waals surface area (Å²) >= 11 is 0. The maximum atomic E-state index is 12.6. The first-order valence-electron chi connectivity index (χ1n) is 10.6. The van der Waals surface area contributed by atoms with E-state index in [4.69, 9.17) is 0 Å². The normalized spacial score (nSPS) is 17.4. The van der Waals surface area contributed by atoms with Gasteiger partial charge in [0.25, 0.3) is 5.56 Å². The number of aromatic amines is 1. The van der Waals surface area contributed by atoms with Crippen molar-refractivity contribution in [1.29, 1.82) is 0 Å². The number of nitrogens with one attached hydrogen (secondary N) is 2. The van der Waals surface area contributed by atoms with Gasteiger partial charge in [0.15, 0.2) is 17.0 Å². The fourth-order valence-corrected chi connectivity index (χ4v) is 4.29. The molecule has 31 heavy (non-hydrogen) atoms. The minimum absolute atomic E-state index is 0.0196. The molecule has 1 amide bonds. The number of anilines is 1. The maximum absolute atomic E-state index is 12.6. The van der Waals surface area contributed by atoms with E-state index in [9.17, 15) is 14.4 Å². The largest absolute Gasteiger partial charge is 0.355 e. The molecule has 11 heteroatoms. The Kier molecular flexibility index (Phi) is 4.67. The van der Waals surface area contributed by atoms with Crippen LogP contribution in [0.3, 0.4) is 0 Å². The second-order valence-corrected chi connectivity index (χ2v) is 8.54. The van der Waals surface area contributed by atoms with Crippen LogP contribution in [0.2, 0.25) is 0 Å². The Balaban J connectivity index is 1.22. The molecule has 0 bridgehead atoms. The number of fused-ring (bicyclic) bond motifs is 1. The molecule has 0 spiro atoms. The highest BCUT2D eigenvalue weighted by Gasteiger charge is 2.28. The zero-order chi connectivity index (χ0) is 21.7. The van der Waals surface area contributed by atoms with Crippen LogP contribution in [-0.4, -0.2) is 53.9 Å². The Morgan fingerprint density at radius 3 is 2.61 bits per heavy atom. The van der Waals surface area contributed by atoms with Gasteiger partial charge in [-0.3, -0.25) is 23.8 Å². The number of imidazole rings is 1. The summed E-state index contributed by atoms with van der Waals surface area (Å²) in [5.74, 6) is 1.46. The molecule has 1 aliphatic carbocycles. The van der Waals surface area contributed by atoms with E-state index in [0.29, 0.717) is 5.92 Å². The molecule has 1 saturated heterocycles. The van der Waals surface area contributed by atoms with Crippen molar-refractivity contribution in [2.45, 2.75) is 44.2 Å². The molecule has 0 unspecified atom stereocenters. The first kappa shape index (κ1) is 19.6. The third-order valence-electron chi connectivity index (χ3n) is 6.32. The summed E-state index contributed by atoms with van der Waals surface area (Å²) in [7, 11) is 2.98. The fourth-order valence-electron chi connectivity index (χ4n) is 4.29. The molecule has 2 fully saturated rings. The highest BCUT2D eigenvalue weighted by Crippen LogP contribution is 2.40. The molecule has 3 aromatic heterocycles. The van der Waals surface area contributed by atoms with Crippen LogP contribution in [-0.2, 0) is 25.4 Å². The summed E-state index contributed by atoms with van der Waals surface area (Å²) in [6.45, 7) is 1.64. The monoisotopic (exact) mass is 426 g/mol. The lowest BCUT2D eigenvalue weighted by molar-refractivity contribution is -0.122. The lowest BCUT2D eigenvalue weighted by Gasteiger charge is -2.32. The number of rotatable bonds is 5. The topological polar surface area (TPSA) is 123 Å². The number of H-pyrrole nitrogens is 1. The predicted molar refractivity (Wildman–Crippen MR) is 114 cm³/mol. The van der Waals surface area contributed by atoms with Crippen molar-refractivity contribution in [3.05, 3.63) is 38.9 Å². The lowest BCUT2D eigenvalue weighted by atomic mass is 10.0. The molecule has 1 aliphatic heterocycles. The van der Waals surface area contributed by atoms with Crippen LogP contribution in [0.4, 0.5) is 5.82 Å². The van der Waals surface area contributed by atoms with Crippen LogP contribution in [0, 0.1) is 0 Å². The molecule has 2 N–H and O–H groups in total. The molecular formula is C20H26N8O3. The van der Waals surface area contributed by atoms with Crippen LogP contribution < -0.4 is 21.5 Å². The van der Waals surface area contributed by atoms with E-state index >= 15 is 0 Å². The van der Waals surface area contributed by atoms with Gasteiger partial charge in [0, 0.05) is 50.9 Å². The summed E-state index contributed by atoms with van der Waals surface area (Å²) in [5.41, 5.74) is 0.848. The average Bonchev–Trinajstić information content (AvgIpc) is 3.35. The van der Waals surface area contributed by atoms with Gasteiger partial charge >= 0.3 is 5.69 Å². The predicted octanol–water partition coefficient (Wildman–Crippen LogP) is -0.181. The number of carbonyl (C=O) groups is 1. The van der Waals surface area contributed by atoms with Gasteiger partial charge in [0.2, 0.25) is 5.91 Å². The Labute approximate surface area is 177 Å². The fraction of sp³-hybridized carbons (Fsp3) is 0.550. The number of amides is 1. The minimum atomic E-state index is -0.457. The molecule has 0 radical (unpaired) electrons. The third-order valence-corrected chi connectivity index (χ3v) is 6.32. The summed E-state index contributed by atoms with van der Waals surface area (Å²) in [4.78, 5) is 43.6. The molecule has 164 valence electrons. The van der Waals surface area contributed by atoms with Gasteiger partial charge in [-0.25, -0.2) is 9.78 Å². The van der Waals surface area contributed by atoms with Gasteiger partial charge < -0.3 is 14.8 Å². The SMILES string of the molecule is Cn1c(=O)c2c(ncn2CC(=O)NC2CCN(c3cc(C4CC4)[nH]n3)CC2)n(C)c1=O. The molecule has 11 nitrogen and oxygen atoms in total. The smallest absolute Gasteiger partial charge is 0.332 e. The number of aryl methyl sites for hydroxylation is 1. The second kappa shape index (κ2) is 7.40. The standard InChI is InChI=1S/C20H26N8O3/c1-25-18-17(19(30)26(2)20(25)31)28(11-21-18)10-16(29)22-13-5-7-27(8-6-13)15-9-14(23-24-15)12-3-4-12/h9,11-13H,3-8,10H2,1-2H3,(H,22,29)(H,23,24). The van der Waals surface area contributed by atoms with Gasteiger partial charge in [-0.15, -0.1) is 0 Å². The van der Waals surface area contributed by atoms with Gasteiger partial charge in [0.05, 0.1) is 6.33 Å². The van der Waals surface area contributed by atoms with Crippen LogP contribution in [0.25, 0.3) is 11.2 Å². The van der Waals surface area contributed by atoms with Gasteiger partial charge in [-0.2, -0.15) is 5.10 Å². The zero-order valence-corrected chi connectivity index (χ0v) is 17.7. The van der Waals surface area contributed by atoms with Crippen molar-refractivity contribution in [3.63, 3.8) is 0 Å². The van der Waals surface area contributed by atoms with Crippen molar-refractivity contribution in [3.8, 4) is 0 Å². The Morgan fingerprint density at radius 1 is 1.16 bits per heavy atom. The number of nitrogens with zero attached hydrogens (tertiary/aromatic N) is 6. The van der Waals surface area contributed by atoms with Crippen molar-refractivity contribution in [1.82, 2.24) is 34.2 Å². The Bertz CT molecular complexity index is 1250. The molecule has 4 heterocycles. The highest BCUT2D eigenvalue weighted by molar-refractivity contribution is 5.79. The Hall–Kier alpha value is -3.37. The van der Waals surface area contributed by atoms with E-state index in [2.05, 4.69) is 31.5 Å². The van der Waals surface area contributed by atoms with Crippen LogP contribution >= 0.6 is 0 Å². The Morgan fingerprint density at radius 2 is 1.90 bits per heavy atom. The van der Waals surface area contributed by atoms with Crippen molar-refractivity contribution >= 4 is 22.9 Å². The quantitative estimate of drug-likeness (QED) is 0.584. The van der Waals surface area contributed by atoms with Gasteiger partial charge in [-0.05, 0) is 25.7 Å². The van der Waals surface area contributed by atoms with Crippen LogP contribution in [0.1, 0.15) is 37.3 Å². The van der Waals surface area contributed by atoms with Gasteiger partial charge in [0.1, 0.15) is 6.54 Å². The maximum Gasteiger partial charge on any atom is 0.332 e. The summed E-state index contributed by atoms with van der Waals surface area (Å²) in [5, 5.41) is 10.7. The number of hydrogen-bond acceptors (Lipinski definition) is 6. The van der Waals surface area contributed by atoms with Gasteiger partial charge in [-0.1, -0.05) is 0 Å². The molecule has 3 aromatic rings. The highest BCUT2D eigenvalue weighted by atomic mass is 16.2. The van der Waals surface area contributed by atoms with E-state index in [1.807, 2.05) is 0 Å². The lowest BCUT2D eigenvalue weighted by Crippen LogP contribution is -2.45. The van der Waals surface area contributed by atoms with E-state index in [-0.39, 0.29) is 29.7 Å². The first-order chi connectivity index (χ1) is 14.9. The van der Waals surface area contributed by atoms with Crippen LogP contribution in [0.5, 0.6) is 0 Å². The second-order valence-electron chi connectivity index (χ2n) is 8.54. The van der Waals surface area contributed by atoms with E-state index in [1.165, 1.54) is 41.0 Å². The van der Waals surface area contributed by atoms with E-state index in [1.54, 1.807) is 7.05 Å². The van der Waals surface area contributed by atoms with Crippen molar-refractivity contribution in [2.75, 3.05) is 18.0 Å². The average molecular weight is 426 g/mol. The number of carbonyl (C=O) groups excluding carboxylic acids is 1. The summed E-state index contributed by atoms with van der Waals surface area (Å²) in [6, 6.07) is 2.22. The van der Waals surface area contributed by atoms with Crippen molar-refractivity contribution in [2.24, 2.45) is 14.1 Å². The van der Waals surface area contributed by atoms with Crippen molar-refractivity contribution < 1.29 is 4.79 Å². The molecule has 5 rings (SSSR count). The van der Waals surface area contributed by atoms with E-state index < -0.39 is 11.2 Å². The summed E-state index contributed by atoms with van der Waals surface area (Å²) in [6.07, 6.45) is 5.58. The zero-order valence-electron chi connectivity index (χ0n) is 17.7. The molecule has 2 aliphatic rings. The number of hydrogen-bond donors (Lipinski definition) is 2. The first-order valence-corrected chi connectivity index (χ1v) is 10.6. The molecule has 0 aromatic carbocycles. The minimum Gasteiger partial charge on any atom is -0.355 e. The summed E-state index contributed by atoms with van der Waals surface area (Å²) < 4.78 is 3.84. The molecular weight excluding hydrogens is 400 g/mol. The van der Waals surface area contributed by atoms with Crippen LogP contribution in [0.15, 0.2) is 22.0 Å². The molecule has 1 saturated carbocycles. The van der Waals surface area contributed by atoms with E-state index in [0.717, 1.165) is 36.3 Å². The molecule has 0 atom stereocenters. The number of piperidine rings is 1. The number of aromatic nitrogens is 6.